The molecule has 0 bridgehead atoms. The standard InChI is InChI=1S/C18H17N3O2S2/c1-20-17(22)15(25-18(20)24)11-13-10-12-4-2-3-5-14(12)19-16(13)21-6-8-23-9-7-21/h2-5,10-11H,6-9H2,1H3/p+1. The van der Waals surface area contributed by atoms with E-state index in [1.807, 2.05) is 24.3 Å². The minimum Gasteiger partial charge on any atom is -0.493 e. The quantitative estimate of drug-likeness (QED) is 0.609. The average molecular weight is 372 g/mol. The van der Waals surface area contributed by atoms with Gasteiger partial charge in [0.05, 0.1) is 23.7 Å². The molecular weight excluding hydrogens is 354 g/mol. The van der Waals surface area contributed by atoms with E-state index >= 15 is 0 Å². The van der Waals surface area contributed by atoms with E-state index in [-0.39, 0.29) is 5.88 Å². The van der Waals surface area contributed by atoms with Gasteiger partial charge in [0, 0.05) is 12.3 Å². The zero-order valence-electron chi connectivity index (χ0n) is 13.8. The second-order valence-corrected chi connectivity index (χ2v) is 7.63. The van der Waals surface area contributed by atoms with E-state index in [0.29, 0.717) is 17.2 Å². The minimum absolute atomic E-state index is 0.191. The normalized spacial score (nSPS) is 18.7. The zero-order valence-corrected chi connectivity index (χ0v) is 15.4. The molecule has 3 heterocycles. The predicted molar refractivity (Wildman–Crippen MR) is 101 cm³/mol. The van der Waals surface area contributed by atoms with Crippen molar-refractivity contribution in [2.45, 2.75) is 0 Å². The maximum Gasteiger partial charge on any atom is 0.326 e. The molecule has 0 aliphatic carbocycles. The van der Waals surface area contributed by atoms with Gasteiger partial charge >= 0.3 is 5.84 Å². The molecule has 25 heavy (non-hydrogen) atoms. The molecule has 7 heteroatoms. The number of benzene rings is 1. The van der Waals surface area contributed by atoms with Crippen LogP contribution >= 0.6 is 23.6 Å². The van der Waals surface area contributed by atoms with Crippen molar-refractivity contribution in [3.8, 4) is 5.88 Å². The number of morpholine rings is 1. The van der Waals surface area contributed by atoms with Gasteiger partial charge in [-0.1, -0.05) is 18.2 Å². The third kappa shape index (κ3) is 3.10. The summed E-state index contributed by atoms with van der Waals surface area (Å²) in [6.45, 7) is 3.01. The van der Waals surface area contributed by atoms with E-state index in [1.165, 1.54) is 11.3 Å². The van der Waals surface area contributed by atoms with Crippen LogP contribution in [0, 0.1) is 3.95 Å². The summed E-state index contributed by atoms with van der Waals surface area (Å²) in [6, 6.07) is 8.07. The van der Waals surface area contributed by atoms with Gasteiger partial charge in [-0.15, -0.1) is 11.3 Å². The average Bonchev–Trinajstić information content (AvgIpc) is 2.89. The van der Waals surface area contributed by atoms with Gasteiger partial charge in [-0.2, -0.15) is 0 Å². The summed E-state index contributed by atoms with van der Waals surface area (Å²) in [5.41, 5.74) is 0.979. The molecule has 0 atom stereocenters. The highest BCUT2D eigenvalue weighted by molar-refractivity contribution is 7.73. The van der Waals surface area contributed by atoms with Gasteiger partial charge in [-0.05, 0) is 35.4 Å². The Morgan fingerprint density at radius 3 is 2.80 bits per heavy atom. The van der Waals surface area contributed by atoms with Gasteiger partial charge in [0.25, 0.3) is 0 Å². The van der Waals surface area contributed by atoms with Gasteiger partial charge in [0.1, 0.15) is 13.1 Å². The van der Waals surface area contributed by atoms with Gasteiger partial charge in [-0.25, -0.2) is 0 Å². The molecule has 1 saturated heterocycles. The molecule has 0 spiro atoms. The van der Waals surface area contributed by atoms with Crippen molar-refractivity contribution in [2.24, 2.45) is 12.0 Å². The molecular formula is C18H18N3O2S2+. The third-order valence-corrected chi connectivity index (χ3v) is 5.83. The predicted octanol–water partition coefficient (Wildman–Crippen LogP) is 1.46. The molecule has 2 aliphatic heterocycles. The number of amidine groups is 1. The van der Waals surface area contributed by atoms with E-state index in [2.05, 4.69) is 16.7 Å². The fourth-order valence-corrected chi connectivity index (χ4v) is 4.13. The zero-order chi connectivity index (χ0) is 17.4. The Hall–Kier alpha value is -2.09. The molecule has 4 rings (SSSR count). The Balaban J connectivity index is 1.94. The number of thiazole rings is 1. The lowest BCUT2D eigenvalue weighted by molar-refractivity contribution is -0.549. The largest absolute Gasteiger partial charge is 0.493 e. The number of rotatable bonds is 1. The molecule has 0 radical (unpaired) electrons. The first-order valence-electron chi connectivity index (χ1n) is 8.09. The maximum atomic E-state index is 10.3. The first-order valence-corrected chi connectivity index (χ1v) is 9.32. The summed E-state index contributed by atoms with van der Waals surface area (Å²) in [4.78, 5) is 5.63. The third-order valence-electron chi connectivity index (χ3n) is 4.34. The number of ether oxygens (including phenoxy) is 1. The van der Waals surface area contributed by atoms with E-state index in [4.69, 9.17) is 21.9 Å². The highest BCUT2D eigenvalue weighted by Crippen LogP contribution is 2.28. The molecule has 1 aromatic carbocycles. The lowest BCUT2D eigenvalue weighted by Gasteiger charge is -2.16. The van der Waals surface area contributed by atoms with Gasteiger partial charge < -0.3 is 9.84 Å². The van der Waals surface area contributed by atoms with Crippen molar-refractivity contribution in [3.05, 3.63) is 49.2 Å². The fraction of sp³-hybridized carbons (Fsp3) is 0.278. The summed E-state index contributed by atoms with van der Waals surface area (Å²) in [6.07, 6.45) is 4.09. The molecule has 5 nitrogen and oxygen atoms in total. The van der Waals surface area contributed by atoms with Crippen molar-refractivity contribution < 1.29 is 14.4 Å². The smallest absolute Gasteiger partial charge is 0.326 e. The van der Waals surface area contributed by atoms with E-state index in [0.717, 1.165) is 40.0 Å². The maximum absolute atomic E-state index is 10.3. The number of aromatic hydroxyl groups is 1. The van der Waals surface area contributed by atoms with Crippen molar-refractivity contribution in [2.75, 3.05) is 26.3 Å². The van der Waals surface area contributed by atoms with Crippen LogP contribution in [0.5, 0.6) is 5.88 Å². The summed E-state index contributed by atoms with van der Waals surface area (Å²) in [5.74, 6) is 1.11. The van der Waals surface area contributed by atoms with Crippen LogP contribution in [-0.4, -0.2) is 46.4 Å². The molecule has 0 saturated carbocycles. The molecule has 1 fully saturated rings. The van der Waals surface area contributed by atoms with Crippen molar-refractivity contribution in [1.29, 1.82) is 0 Å². The lowest BCUT2D eigenvalue weighted by atomic mass is 10.1. The van der Waals surface area contributed by atoms with Crippen LogP contribution in [0.25, 0.3) is 12.2 Å². The van der Waals surface area contributed by atoms with Crippen molar-refractivity contribution in [3.63, 3.8) is 0 Å². The van der Waals surface area contributed by atoms with E-state index < -0.39 is 0 Å². The first-order chi connectivity index (χ1) is 12.1. The first kappa shape index (κ1) is 16.4. The fourth-order valence-electron chi connectivity index (χ4n) is 2.95. The van der Waals surface area contributed by atoms with Gasteiger partial charge in [0.2, 0.25) is 5.88 Å². The molecule has 2 aromatic rings. The molecule has 0 amide bonds. The van der Waals surface area contributed by atoms with Gasteiger partial charge in [-0.3, -0.25) is 9.14 Å². The number of hydrogen-bond donors (Lipinski definition) is 1. The second-order valence-electron chi connectivity index (χ2n) is 5.95. The second kappa shape index (κ2) is 6.67. The topological polar surface area (TPSA) is 49.8 Å². The lowest BCUT2D eigenvalue weighted by Crippen LogP contribution is -2.38. The Labute approximate surface area is 154 Å². The van der Waals surface area contributed by atoms with Crippen LogP contribution in [0.3, 0.4) is 0 Å². The Morgan fingerprint density at radius 2 is 2.08 bits per heavy atom. The highest BCUT2D eigenvalue weighted by Gasteiger charge is 2.24. The Morgan fingerprint density at radius 1 is 1.32 bits per heavy atom. The Kier molecular flexibility index (Phi) is 4.37. The van der Waals surface area contributed by atoms with Crippen LogP contribution in [0.1, 0.15) is 4.88 Å². The Bertz CT molecular complexity index is 1070. The SMILES string of the molecule is Cn1c(O)c(/C=C2\C=c3ccccc3=NC2=[N+]2CCOCC2)sc1=S. The van der Waals surface area contributed by atoms with Crippen LogP contribution < -0.4 is 10.6 Å². The minimum atomic E-state index is 0.191. The highest BCUT2D eigenvalue weighted by atomic mass is 32.1. The van der Waals surface area contributed by atoms with Crippen LogP contribution in [0.15, 0.2) is 34.8 Å². The van der Waals surface area contributed by atoms with Crippen molar-refractivity contribution >= 4 is 41.5 Å². The van der Waals surface area contributed by atoms with Crippen LogP contribution in [-0.2, 0) is 11.8 Å². The number of hydrogen-bond acceptors (Lipinski definition) is 4. The molecule has 128 valence electrons. The van der Waals surface area contributed by atoms with E-state index in [9.17, 15) is 5.11 Å². The van der Waals surface area contributed by atoms with Gasteiger partial charge in [0.15, 0.2) is 9.31 Å². The number of aromatic nitrogens is 1. The monoisotopic (exact) mass is 372 g/mol. The summed E-state index contributed by atoms with van der Waals surface area (Å²) in [5, 5.41) is 12.4. The summed E-state index contributed by atoms with van der Waals surface area (Å²) in [7, 11) is 1.77. The number of nitrogens with zero attached hydrogens (tertiary/aromatic N) is 3. The summed E-state index contributed by atoms with van der Waals surface area (Å²) < 4.78 is 9.97. The number of fused-ring (bicyclic) bond motifs is 1. The van der Waals surface area contributed by atoms with Crippen LogP contribution in [0.2, 0.25) is 0 Å². The molecule has 2 aliphatic rings. The molecule has 1 aromatic heterocycles. The molecule has 1 N–H and O–H groups in total. The number of para-hydroxylation sites is 1. The van der Waals surface area contributed by atoms with E-state index in [1.54, 1.807) is 11.6 Å². The summed E-state index contributed by atoms with van der Waals surface area (Å²) >= 11 is 6.67. The van der Waals surface area contributed by atoms with Crippen LogP contribution in [0.4, 0.5) is 0 Å². The molecule has 0 unspecified atom stereocenters. The van der Waals surface area contributed by atoms with Crippen molar-refractivity contribution in [1.82, 2.24) is 4.57 Å².